The molecule has 0 fully saturated rings. The minimum atomic E-state index is 0.547. The maximum absolute atomic E-state index is 5.90. The molecule has 0 aliphatic carbocycles. The Bertz CT molecular complexity index is 578. The van der Waals surface area contributed by atoms with Gasteiger partial charge in [0.1, 0.15) is 17.4 Å². The second kappa shape index (κ2) is 6.86. The molecule has 0 aliphatic rings. The molecule has 0 bridgehead atoms. The smallest absolute Gasteiger partial charge is 0.140 e. The average Bonchev–Trinajstić information content (AvgIpc) is 2.80. The number of aromatic nitrogens is 1. The number of nitrogens with zero attached hydrogens (tertiary/aromatic N) is 1. The third kappa shape index (κ3) is 3.58. The second-order valence-electron chi connectivity index (χ2n) is 4.92. The summed E-state index contributed by atoms with van der Waals surface area (Å²) >= 11 is 1.74. The lowest BCUT2D eigenvalue weighted by Gasteiger charge is -2.08. The molecular formula is C16H22N2OS. The summed E-state index contributed by atoms with van der Waals surface area (Å²) < 4.78 is 5.90. The first-order valence-electron chi connectivity index (χ1n) is 6.96. The van der Waals surface area contributed by atoms with E-state index in [0.29, 0.717) is 6.61 Å². The first-order chi connectivity index (χ1) is 9.63. The minimum Gasteiger partial charge on any atom is -0.486 e. The second-order valence-corrected chi connectivity index (χ2v) is 6.09. The van der Waals surface area contributed by atoms with Crippen LogP contribution in [-0.2, 0) is 19.6 Å². The first kappa shape index (κ1) is 15.0. The molecule has 1 N–H and O–H groups in total. The molecule has 1 aromatic heterocycles. The van der Waals surface area contributed by atoms with Gasteiger partial charge in [0.25, 0.3) is 0 Å². The Morgan fingerprint density at radius 3 is 2.75 bits per heavy atom. The standard InChI is InChI=1S/C16H22N2OS/c1-5-13-15(9-17-4)20-16(18-13)10-19-14-7-6-11(2)8-12(14)3/h6-8,17H,5,9-10H2,1-4H3. The van der Waals surface area contributed by atoms with Crippen LogP contribution in [0.3, 0.4) is 0 Å². The van der Waals surface area contributed by atoms with Crippen LogP contribution in [0.2, 0.25) is 0 Å². The van der Waals surface area contributed by atoms with Crippen LogP contribution in [0.25, 0.3) is 0 Å². The number of nitrogens with one attached hydrogen (secondary N) is 1. The van der Waals surface area contributed by atoms with Gasteiger partial charge in [-0.1, -0.05) is 24.6 Å². The number of benzene rings is 1. The van der Waals surface area contributed by atoms with Gasteiger partial charge in [-0.3, -0.25) is 0 Å². The maximum Gasteiger partial charge on any atom is 0.140 e. The molecule has 0 spiro atoms. The van der Waals surface area contributed by atoms with Gasteiger partial charge in [-0.25, -0.2) is 4.98 Å². The Balaban J connectivity index is 2.06. The zero-order chi connectivity index (χ0) is 14.5. The van der Waals surface area contributed by atoms with Crippen LogP contribution in [0.1, 0.15) is 33.6 Å². The Morgan fingerprint density at radius 1 is 1.30 bits per heavy atom. The van der Waals surface area contributed by atoms with Crippen molar-refractivity contribution in [1.29, 1.82) is 0 Å². The SMILES string of the molecule is CCc1nc(COc2ccc(C)cc2C)sc1CNC. The van der Waals surface area contributed by atoms with Crippen LogP contribution in [0.4, 0.5) is 0 Å². The van der Waals surface area contributed by atoms with Crippen molar-refractivity contribution in [3.8, 4) is 5.75 Å². The summed E-state index contributed by atoms with van der Waals surface area (Å²) in [5.74, 6) is 0.944. The monoisotopic (exact) mass is 290 g/mol. The third-order valence-electron chi connectivity index (χ3n) is 3.18. The summed E-state index contributed by atoms with van der Waals surface area (Å²) in [6, 6.07) is 6.25. The summed E-state index contributed by atoms with van der Waals surface area (Å²) in [4.78, 5) is 5.98. The number of thiazole rings is 1. The minimum absolute atomic E-state index is 0.547. The molecule has 0 saturated heterocycles. The van der Waals surface area contributed by atoms with Crippen LogP contribution in [0.15, 0.2) is 18.2 Å². The largest absolute Gasteiger partial charge is 0.486 e. The summed E-state index contributed by atoms with van der Waals surface area (Å²) in [6.07, 6.45) is 0.969. The Kier molecular flexibility index (Phi) is 5.15. The predicted molar refractivity (Wildman–Crippen MR) is 84.5 cm³/mol. The van der Waals surface area contributed by atoms with E-state index in [9.17, 15) is 0 Å². The van der Waals surface area contributed by atoms with E-state index >= 15 is 0 Å². The zero-order valence-corrected chi connectivity index (χ0v) is 13.4. The van der Waals surface area contributed by atoms with Gasteiger partial charge in [-0.05, 0) is 38.9 Å². The van der Waals surface area contributed by atoms with Crippen molar-refractivity contribution in [3.63, 3.8) is 0 Å². The van der Waals surface area contributed by atoms with Gasteiger partial charge < -0.3 is 10.1 Å². The number of aryl methyl sites for hydroxylation is 3. The highest BCUT2D eigenvalue weighted by Crippen LogP contribution is 2.23. The molecule has 0 aliphatic heterocycles. The lowest BCUT2D eigenvalue weighted by molar-refractivity contribution is 0.303. The molecular weight excluding hydrogens is 268 g/mol. The Hall–Kier alpha value is -1.39. The molecule has 0 atom stereocenters. The van der Waals surface area contributed by atoms with Crippen LogP contribution < -0.4 is 10.1 Å². The van der Waals surface area contributed by atoms with Gasteiger partial charge in [0.2, 0.25) is 0 Å². The van der Waals surface area contributed by atoms with Crippen LogP contribution in [0, 0.1) is 13.8 Å². The first-order valence-corrected chi connectivity index (χ1v) is 7.77. The number of rotatable bonds is 6. The quantitative estimate of drug-likeness (QED) is 0.882. The number of hydrogen-bond acceptors (Lipinski definition) is 4. The highest BCUT2D eigenvalue weighted by Gasteiger charge is 2.10. The van der Waals surface area contributed by atoms with Gasteiger partial charge in [0.05, 0.1) is 5.69 Å². The van der Waals surface area contributed by atoms with Crippen LogP contribution in [-0.4, -0.2) is 12.0 Å². The summed E-state index contributed by atoms with van der Waals surface area (Å²) in [6.45, 7) is 7.74. The Labute approximate surface area is 125 Å². The summed E-state index contributed by atoms with van der Waals surface area (Å²) in [5, 5.41) is 4.24. The van der Waals surface area contributed by atoms with Gasteiger partial charge in [0, 0.05) is 11.4 Å². The molecule has 0 radical (unpaired) electrons. The Morgan fingerprint density at radius 2 is 2.10 bits per heavy atom. The topological polar surface area (TPSA) is 34.1 Å². The molecule has 2 aromatic rings. The average molecular weight is 290 g/mol. The molecule has 1 heterocycles. The van der Waals surface area contributed by atoms with Gasteiger partial charge in [-0.2, -0.15) is 0 Å². The van der Waals surface area contributed by atoms with E-state index in [1.807, 2.05) is 13.1 Å². The van der Waals surface area contributed by atoms with Crippen LogP contribution >= 0.6 is 11.3 Å². The summed E-state index contributed by atoms with van der Waals surface area (Å²) in [5.41, 5.74) is 3.62. The highest BCUT2D eigenvalue weighted by atomic mass is 32.1. The normalized spacial score (nSPS) is 10.8. The van der Waals surface area contributed by atoms with E-state index in [0.717, 1.165) is 23.7 Å². The molecule has 2 rings (SSSR count). The molecule has 0 saturated carbocycles. The molecule has 0 amide bonds. The van der Waals surface area contributed by atoms with Crippen molar-refractivity contribution in [3.05, 3.63) is 44.9 Å². The molecule has 20 heavy (non-hydrogen) atoms. The van der Waals surface area contributed by atoms with Crippen molar-refractivity contribution >= 4 is 11.3 Å². The summed E-state index contributed by atoms with van der Waals surface area (Å²) in [7, 11) is 1.96. The van der Waals surface area contributed by atoms with E-state index in [-0.39, 0.29) is 0 Å². The fourth-order valence-corrected chi connectivity index (χ4v) is 3.26. The maximum atomic E-state index is 5.90. The van der Waals surface area contributed by atoms with Crippen molar-refractivity contribution in [2.75, 3.05) is 7.05 Å². The van der Waals surface area contributed by atoms with E-state index in [1.165, 1.54) is 21.7 Å². The molecule has 4 heteroatoms. The fraction of sp³-hybridized carbons (Fsp3) is 0.438. The lowest BCUT2D eigenvalue weighted by atomic mass is 10.1. The van der Waals surface area contributed by atoms with Crippen LogP contribution in [0.5, 0.6) is 5.75 Å². The molecule has 108 valence electrons. The fourth-order valence-electron chi connectivity index (χ4n) is 2.17. The van der Waals surface area contributed by atoms with Gasteiger partial charge >= 0.3 is 0 Å². The van der Waals surface area contributed by atoms with E-state index < -0.39 is 0 Å². The molecule has 3 nitrogen and oxygen atoms in total. The van der Waals surface area contributed by atoms with Gasteiger partial charge in [0.15, 0.2) is 0 Å². The van der Waals surface area contributed by atoms with Crippen molar-refractivity contribution in [2.24, 2.45) is 0 Å². The zero-order valence-electron chi connectivity index (χ0n) is 12.6. The van der Waals surface area contributed by atoms with E-state index in [4.69, 9.17) is 4.74 Å². The van der Waals surface area contributed by atoms with Crippen molar-refractivity contribution in [1.82, 2.24) is 10.3 Å². The highest BCUT2D eigenvalue weighted by molar-refractivity contribution is 7.11. The third-order valence-corrected chi connectivity index (χ3v) is 4.25. The predicted octanol–water partition coefficient (Wildman–Crippen LogP) is 3.62. The van der Waals surface area contributed by atoms with Crippen molar-refractivity contribution < 1.29 is 4.74 Å². The van der Waals surface area contributed by atoms with E-state index in [1.54, 1.807) is 11.3 Å². The molecule has 1 aromatic carbocycles. The van der Waals surface area contributed by atoms with Gasteiger partial charge in [-0.15, -0.1) is 11.3 Å². The number of hydrogen-bond donors (Lipinski definition) is 1. The van der Waals surface area contributed by atoms with E-state index in [2.05, 4.69) is 43.2 Å². The molecule has 0 unspecified atom stereocenters. The number of ether oxygens (including phenoxy) is 1. The van der Waals surface area contributed by atoms with Crippen molar-refractivity contribution in [2.45, 2.75) is 40.3 Å². The lowest BCUT2D eigenvalue weighted by Crippen LogP contribution is -2.05.